The molecule has 1 N–H and O–H groups in total. The number of fused-ring (bicyclic) bond motifs is 1. The molecule has 0 radical (unpaired) electrons. The summed E-state index contributed by atoms with van der Waals surface area (Å²) >= 11 is 0. The number of nitrogens with zero attached hydrogens (tertiary/aromatic N) is 3. The van der Waals surface area contributed by atoms with Crippen molar-refractivity contribution in [2.24, 2.45) is 0 Å². The summed E-state index contributed by atoms with van der Waals surface area (Å²) in [5.41, 5.74) is 1.10. The van der Waals surface area contributed by atoms with Crippen LogP contribution in [0.25, 0.3) is 10.9 Å². The largest absolute Gasteiger partial charge is 0.478 e. The predicted octanol–water partition coefficient (Wildman–Crippen LogP) is 2.33. The fourth-order valence-corrected chi connectivity index (χ4v) is 2.10. The zero-order chi connectivity index (χ0) is 14.1. The van der Waals surface area contributed by atoms with Gasteiger partial charge in [-0.05, 0) is 23.6 Å². The van der Waals surface area contributed by atoms with Crippen molar-refractivity contribution in [3.8, 4) is 0 Å². The van der Waals surface area contributed by atoms with Gasteiger partial charge in [0.25, 0.3) is 0 Å². The van der Waals surface area contributed by atoms with E-state index >= 15 is 0 Å². The highest BCUT2D eigenvalue weighted by atomic mass is 16.4. The average Bonchev–Trinajstić information content (AvgIpc) is 3.06. The van der Waals surface area contributed by atoms with Crippen molar-refractivity contribution in [1.29, 1.82) is 0 Å². The van der Waals surface area contributed by atoms with Gasteiger partial charge in [-0.2, -0.15) is 0 Å². The van der Waals surface area contributed by atoms with Gasteiger partial charge >= 0.3 is 5.97 Å². The number of benzene rings is 1. The zero-order valence-corrected chi connectivity index (χ0v) is 10.9. The first-order valence-electron chi connectivity index (χ1n) is 6.31. The van der Waals surface area contributed by atoms with Crippen molar-refractivity contribution >= 4 is 16.9 Å². The summed E-state index contributed by atoms with van der Waals surface area (Å²) in [5, 5.41) is 17.9. The summed E-state index contributed by atoms with van der Waals surface area (Å²) in [5.74, 6) is 0.175. The molecule has 0 fully saturated rings. The molecule has 0 saturated heterocycles. The van der Waals surface area contributed by atoms with E-state index in [1.165, 1.54) is 0 Å². The lowest BCUT2D eigenvalue weighted by molar-refractivity contribution is 0.0697. The van der Waals surface area contributed by atoms with Gasteiger partial charge in [-0.25, -0.2) is 4.79 Å². The highest BCUT2D eigenvalue weighted by Gasteiger charge is 2.10. The normalized spacial score (nSPS) is 11.1. The average molecular weight is 271 g/mol. The van der Waals surface area contributed by atoms with Crippen LogP contribution in [0.1, 0.15) is 29.1 Å². The minimum absolute atomic E-state index is 0.261. The first-order valence-corrected chi connectivity index (χ1v) is 6.31. The summed E-state index contributed by atoms with van der Waals surface area (Å²) in [6.45, 7) is 2.38. The molecule has 0 atom stereocenters. The molecule has 0 aliphatic rings. The van der Waals surface area contributed by atoms with Crippen LogP contribution in [0.15, 0.2) is 34.9 Å². The van der Waals surface area contributed by atoms with Crippen LogP contribution in [-0.4, -0.2) is 25.8 Å². The molecule has 0 aliphatic heterocycles. The molecule has 2 aromatic heterocycles. The van der Waals surface area contributed by atoms with Crippen molar-refractivity contribution in [2.75, 3.05) is 0 Å². The topological polar surface area (TPSA) is 81.2 Å². The molecule has 0 amide bonds. The number of aromatic carboxylic acids is 1. The number of carboxylic acid groups (broad SMARTS) is 1. The first-order chi connectivity index (χ1) is 9.67. The lowest BCUT2D eigenvalue weighted by atomic mass is 10.2. The predicted molar refractivity (Wildman–Crippen MR) is 71.7 cm³/mol. The second kappa shape index (κ2) is 4.80. The summed E-state index contributed by atoms with van der Waals surface area (Å²) in [6.07, 6.45) is 2.58. The Kier molecular flexibility index (Phi) is 2.98. The molecular weight excluding hydrogens is 258 g/mol. The van der Waals surface area contributed by atoms with Crippen molar-refractivity contribution in [2.45, 2.75) is 19.9 Å². The molecule has 6 nitrogen and oxygen atoms in total. The Morgan fingerprint density at radius 3 is 2.80 bits per heavy atom. The highest BCUT2D eigenvalue weighted by Crippen LogP contribution is 2.19. The van der Waals surface area contributed by atoms with Gasteiger partial charge in [-0.1, -0.05) is 13.0 Å². The Balaban J connectivity index is 1.98. The van der Waals surface area contributed by atoms with Crippen molar-refractivity contribution in [3.05, 3.63) is 47.8 Å². The molecule has 0 saturated carbocycles. The molecule has 1 aromatic carbocycles. The van der Waals surface area contributed by atoms with E-state index in [1.54, 1.807) is 18.2 Å². The zero-order valence-electron chi connectivity index (χ0n) is 10.9. The molecular formula is C14H13N3O3. The van der Waals surface area contributed by atoms with Gasteiger partial charge in [0.2, 0.25) is 11.8 Å². The monoisotopic (exact) mass is 271 g/mol. The Bertz CT molecular complexity index is 773. The SMILES string of the molecule is CCc1nnc(Cn2ccc3ccc(C(=O)O)cc32)o1. The molecule has 0 bridgehead atoms. The standard InChI is InChI=1S/C14H13N3O3/c1-2-12-15-16-13(20-12)8-17-6-5-9-3-4-10(14(18)19)7-11(9)17/h3-7H,2,8H2,1H3,(H,18,19). The second-order valence-electron chi connectivity index (χ2n) is 4.47. The lowest BCUT2D eigenvalue weighted by Crippen LogP contribution is -2.00. The number of aryl methyl sites for hydroxylation is 1. The van der Waals surface area contributed by atoms with Crippen LogP contribution in [0.5, 0.6) is 0 Å². The number of hydrogen-bond donors (Lipinski definition) is 1. The van der Waals surface area contributed by atoms with Crippen LogP contribution in [0.4, 0.5) is 0 Å². The third-order valence-electron chi connectivity index (χ3n) is 3.14. The smallest absolute Gasteiger partial charge is 0.335 e. The summed E-state index contributed by atoms with van der Waals surface area (Å²) in [6, 6.07) is 6.96. The van der Waals surface area contributed by atoms with E-state index in [4.69, 9.17) is 9.52 Å². The Morgan fingerprint density at radius 2 is 2.10 bits per heavy atom. The highest BCUT2D eigenvalue weighted by molar-refractivity contribution is 5.93. The fraction of sp³-hybridized carbons (Fsp3) is 0.214. The Hall–Kier alpha value is -2.63. The van der Waals surface area contributed by atoms with Crippen LogP contribution in [0.2, 0.25) is 0 Å². The molecule has 3 aromatic rings. The van der Waals surface area contributed by atoms with Crippen LogP contribution in [0.3, 0.4) is 0 Å². The van der Waals surface area contributed by atoms with E-state index in [2.05, 4.69) is 10.2 Å². The van der Waals surface area contributed by atoms with Crippen molar-refractivity contribution in [1.82, 2.24) is 14.8 Å². The minimum atomic E-state index is -0.939. The number of hydrogen-bond acceptors (Lipinski definition) is 4. The van der Waals surface area contributed by atoms with Gasteiger partial charge in [0.1, 0.15) is 6.54 Å². The molecule has 3 rings (SSSR count). The maximum absolute atomic E-state index is 11.0. The Labute approximate surface area is 114 Å². The molecule has 0 spiro atoms. The van der Waals surface area contributed by atoms with E-state index in [0.717, 1.165) is 10.9 Å². The second-order valence-corrected chi connectivity index (χ2v) is 4.47. The van der Waals surface area contributed by atoms with Gasteiger partial charge in [0.05, 0.1) is 5.56 Å². The van der Waals surface area contributed by atoms with Crippen molar-refractivity contribution < 1.29 is 14.3 Å². The van der Waals surface area contributed by atoms with Crippen LogP contribution in [0, 0.1) is 0 Å². The molecule has 0 aliphatic carbocycles. The third-order valence-corrected chi connectivity index (χ3v) is 3.14. The van der Waals surface area contributed by atoms with Gasteiger partial charge in [0, 0.05) is 18.1 Å². The first kappa shape index (κ1) is 12.4. The van der Waals surface area contributed by atoms with E-state index in [-0.39, 0.29) is 5.56 Å². The van der Waals surface area contributed by atoms with Gasteiger partial charge < -0.3 is 14.1 Å². The molecule has 102 valence electrons. The maximum atomic E-state index is 11.0. The Morgan fingerprint density at radius 1 is 1.30 bits per heavy atom. The van der Waals surface area contributed by atoms with E-state index in [9.17, 15) is 4.79 Å². The molecule has 6 heteroatoms. The van der Waals surface area contributed by atoms with Gasteiger partial charge in [0.15, 0.2) is 0 Å². The molecule has 20 heavy (non-hydrogen) atoms. The number of carboxylic acids is 1. The molecule has 0 unspecified atom stereocenters. The minimum Gasteiger partial charge on any atom is -0.478 e. The van der Waals surface area contributed by atoms with Crippen molar-refractivity contribution in [3.63, 3.8) is 0 Å². The van der Waals surface area contributed by atoms with Gasteiger partial charge in [-0.15, -0.1) is 10.2 Å². The summed E-state index contributed by atoms with van der Waals surface area (Å²) < 4.78 is 7.37. The van der Waals surface area contributed by atoms with E-state index in [0.29, 0.717) is 24.7 Å². The molecule has 2 heterocycles. The van der Waals surface area contributed by atoms with Crippen LogP contribution >= 0.6 is 0 Å². The number of aromatic nitrogens is 3. The van der Waals surface area contributed by atoms with Crippen LogP contribution < -0.4 is 0 Å². The van der Waals surface area contributed by atoms with E-state index < -0.39 is 5.97 Å². The maximum Gasteiger partial charge on any atom is 0.335 e. The number of carbonyl (C=O) groups is 1. The van der Waals surface area contributed by atoms with Crippen LogP contribution in [-0.2, 0) is 13.0 Å². The quantitative estimate of drug-likeness (QED) is 0.787. The third kappa shape index (κ3) is 2.16. The fourth-order valence-electron chi connectivity index (χ4n) is 2.10. The lowest BCUT2D eigenvalue weighted by Gasteiger charge is -2.02. The van der Waals surface area contributed by atoms with E-state index in [1.807, 2.05) is 23.8 Å². The van der Waals surface area contributed by atoms with Gasteiger partial charge in [-0.3, -0.25) is 0 Å². The number of rotatable bonds is 4. The summed E-state index contributed by atoms with van der Waals surface area (Å²) in [4.78, 5) is 11.0. The summed E-state index contributed by atoms with van der Waals surface area (Å²) in [7, 11) is 0.